The number of rotatable bonds is 4. The molecule has 19 heavy (non-hydrogen) atoms. The van der Waals surface area contributed by atoms with Crippen molar-refractivity contribution in [2.24, 2.45) is 0 Å². The summed E-state index contributed by atoms with van der Waals surface area (Å²) < 4.78 is 14.5. The van der Waals surface area contributed by atoms with Crippen molar-refractivity contribution >= 4 is 73.7 Å². The van der Waals surface area contributed by atoms with Gasteiger partial charge >= 0.3 is 5.97 Å². The number of carboxylic acids is 1. The SMILES string of the molecule is O=C(O)C1CCC(COc2c(I)cc(I)cc2I)O1. The summed E-state index contributed by atoms with van der Waals surface area (Å²) in [5.41, 5.74) is 0. The number of hydrogen-bond donors (Lipinski definition) is 1. The summed E-state index contributed by atoms with van der Waals surface area (Å²) in [7, 11) is 0. The number of carboxylic acid groups (broad SMARTS) is 1. The highest BCUT2D eigenvalue weighted by Crippen LogP contribution is 2.30. The number of ether oxygens (including phenoxy) is 2. The molecule has 2 rings (SSSR count). The third kappa shape index (κ3) is 4.30. The van der Waals surface area contributed by atoms with Crippen LogP contribution in [0.4, 0.5) is 0 Å². The zero-order chi connectivity index (χ0) is 14.0. The molecule has 0 spiro atoms. The van der Waals surface area contributed by atoms with E-state index in [-0.39, 0.29) is 6.10 Å². The molecule has 104 valence electrons. The van der Waals surface area contributed by atoms with Crippen LogP contribution in [0.1, 0.15) is 12.8 Å². The first-order valence-electron chi connectivity index (χ1n) is 5.63. The van der Waals surface area contributed by atoms with Gasteiger partial charge in [-0.05, 0) is 92.7 Å². The van der Waals surface area contributed by atoms with Gasteiger partial charge in [-0.3, -0.25) is 0 Å². The van der Waals surface area contributed by atoms with Gasteiger partial charge in [-0.1, -0.05) is 0 Å². The Morgan fingerprint density at radius 1 is 1.32 bits per heavy atom. The van der Waals surface area contributed by atoms with E-state index in [1.54, 1.807) is 0 Å². The molecule has 0 bridgehead atoms. The Morgan fingerprint density at radius 2 is 1.95 bits per heavy atom. The van der Waals surface area contributed by atoms with Crippen molar-refractivity contribution in [1.29, 1.82) is 0 Å². The van der Waals surface area contributed by atoms with Gasteiger partial charge in [0.1, 0.15) is 12.4 Å². The highest BCUT2D eigenvalue weighted by atomic mass is 127. The van der Waals surface area contributed by atoms with Crippen LogP contribution in [-0.2, 0) is 9.53 Å². The lowest BCUT2D eigenvalue weighted by Crippen LogP contribution is -2.24. The number of benzene rings is 1. The number of aliphatic carboxylic acids is 1. The fourth-order valence-electron chi connectivity index (χ4n) is 1.85. The van der Waals surface area contributed by atoms with Crippen LogP contribution in [-0.4, -0.2) is 29.9 Å². The molecule has 1 fully saturated rings. The second-order valence-corrected chi connectivity index (χ2v) is 7.74. The van der Waals surface area contributed by atoms with Gasteiger partial charge in [0.25, 0.3) is 0 Å². The van der Waals surface area contributed by atoms with Gasteiger partial charge in [0.2, 0.25) is 0 Å². The minimum absolute atomic E-state index is 0.132. The average Bonchev–Trinajstić information content (AvgIpc) is 2.76. The van der Waals surface area contributed by atoms with Gasteiger partial charge in [-0.15, -0.1) is 0 Å². The maximum Gasteiger partial charge on any atom is 0.332 e. The molecule has 1 aliphatic rings. The lowest BCUT2D eigenvalue weighted by Gasteiger charge is -2.15. The fourth-order valence-corrected chi connectivity index (χ4v) is 5.75. The molecular formula is C12H11I3O4. The quantitative estimate of drug-likeness (QED) is 0.539. The lowest BCUT2D eigenvalue weighted by molar-refractivity contribution is -0.149. The molecule has 1 aromatic rings. The van der Waals surface area contributed by atoms with Crippen molar-refractivity contribution in [3.63, 3.8) is 0 Å². The van der Waals surface area contributed by atoms with Gasteiger partial charge in [0.05, 0.1) is 13.2 Å². The van der Waals surface area contributed by atoms with Crippen molar-refractivity contribution < 1.29 is 19.4 Å². The predicted octanol–water partition coefficient (Wildman–Crippen LogP) is 3.51. The normalized spacial score (nSPS) is 22.5. The molecule has 1 aliphatic heterocycles. The van der Waals surface area contributed by atoms with E-state index in [1.807, 2.05) is 12.1 Å². The molecule has 1 N–H and O–H groups in total. The van der Waals surface area contributed by atoms with Crippen molar-refractivity contribution in [1.82, 2.24) is 0 Å². The monoisotopic (exact) mass is 600 g/mol. The van der Waals surface area contributed by atoms with Gasteiger partial charge in [-0.2, -0.15) is 0 Å². The van der Waals surface area contributed by atoms with E-state index in [9.17, 15) is 4.79 Å². The molecule has 1 saturated heterocycles. The first-order chi connectivity index (χ1) is 8.97. The Hall–Kier alpha value is 0.640. The largest absolute Gasteiger partial charge is 0.489 e. The van der Waals surface area contributed by atoms with Gasteiger partial charge < -0.3 is 14.6 Å². The molecule has 7 heteroatoms. The predicted molar refractivity (Wildman–Crippen MR) is 95.6 cm³/mol. The summed E-state index contributed by atoms with van der Waals surface area (Å²) in [4.78, 5) is 10.8. The molecule has 1 heterocycles. The first-order valence-corrected chi connectivity index (χ1v) is 8.86. The van der Waals surface area contributed by atoms with E-state index >= 15 is 0 Å². The summed E-state index contributed by atoms with van der Waals surface area (Å²) in [6, 6.07) is 4.10. The van der Waals surface area contributed by atoms with E-state index in [0.29, 0.717) is 13.0 Å². The zero-order valence-electron chi connectivity index (χ0n) is 9.74. The van der Waals surface area contributed by atoms with E-state index in [0.717, 1.165) is 19.3 Å². The van der Waals surface area contributed by atoms with Crippen LogP contribution in [0.5, 0.6) is 5.75 Å². The molecule has 2 atom stereocenters. The van der Waals surface area contributed by atoms with Crippen LogP contribution in [0.2, 0.25) is 0 Å². The topological polar surface area (TPSA) is 55.8 Å². The minimum atomic E-state index is -0.888. The van der Waals surface area contributed by atoms with Gasteiger partial charge in [-0.25, -0.2) is 4.79 Å². The zero-order valence-corrected chi connectivity index (χ0v) is 16.2. The molecule has 4 nitrogen and oxygen atoms in total. The molecule has 0 aromatic heterocycles. The summed E-state index contributed by atoms with van der Waals surface area (Å²) in [5, 5.41) is 8.87. The van der Waals surface area contributed by atoms with Crippen LogP contribution >= 0.6 is 67.8 Å². The minimum Gasteiger partial charge on any atom is -0.489 e. The smallest absolute Gasteiger partial charge is 0.332 e. The molecule has 0 radical (unpaired) electrons. The highest BCUT2D eigenvalue weighted by molar-refractivity contribution is 14.1. The number of carbonyl (C=O) groups is 1. The molecule has 1 aromatic carbocycles. The third-order valence-electron chi connectivity index (χ3n) is 2.76. The fraction of sp³-hybridized carbons (Fsp3) is 0.417. The van der Waals surface area contributed by atoms with Crippen LogP contribution < -0.4 is 4.74 Å². The van der Waals surface area contributed by atoms with Crippen LogP contribution in [0, 0.1) is 10.7 Å². The van der Waals surface area contributed by atoms with Crippen LogP contribution in [0.15, 0.2) is 12.1 Å². The Labute approximate surface area is 152 Å². The maximum atomic E-state index is 10.8. The van der Waals surface area contributed by atoms with Crippen LogP contribution in [0.3, 0.4) is 0 Å². The van der Waals surface area contributed by atoms with Crippen molar-refractivity contribution in [3.05, 3.63) is 22.8 Å². The summed E-state index contributed by atoms with van der Waals surface area (Å²) in [5.74, 6) is -0.0371. The Morgan fingerprint density at radius 3 is 2.47 bits per heavy atom. The Bertz CT molecular complexity index is 469. The first kappa shape index (κ1) is 16.0. The molecule has 0 saturated carbocycles. The summed E-state index contributed by atoms with van der Waals surface area (Å²) in [6.07, 6.45) is 0.481. The highest BCUT2D eigenvalue weighted by Gasteiger charge is 2.31. The molecule has 2 unspecified atom stereocenters. The Kier molecular flexibility index (Phi) is 5.96. The van der Waals surface area contributed by atoms with E-state index in [2.05, 4.69) is 67.8 Å². The number of hydrogen-bond acceptors (Lipinski definition) is 3. The summed E-state index contributed by atoms with van der Waals surface area (Å²) in [6.45, 7) is 0.399. The second-order valence-electron chi connectivity index (χ2n) is 4.17. The summed E-state index contributed by atoms with van der Waals surface area (Å²) >= 11 is 6.76. The van der Waals surface area contributed by atoms with E-state index < -0.39 is 12.1 Å². The van der Waals surface area contributed by atoms with Gasteiger partial charge in [0, 0.05) is 3.57 Å². The standard InChI is InChI=1S/C12H11I3O4/c13-6-3-8(14)11(9(15)4-6)18-5-7-1-2-10(19-7)12(16)17/h3-4,7,10H,1-2,5H2,(H,16,17). The average molecular weight is 600 g/mol. The van der Waals surface area contributed by atoms with Crippen LogP contribution in [0.25, 0.3) is 0 Å². The van der Waals surface area contributed by atoms with Crippen molar-refractivity contribution in [2.45, 2.75) is 25.0 Å². The van der Waals surface area contributed by atoms with Crippen molar-refractivity contribution in [3.8, 4) is 5.75 Å². The number of halogens is 3. The molecular weight excluding hydrogens is 589 g/mol. The molecule has 0 amide bonds. The van der Waals surface area contributed by atoms with E-state index in [1.165, 1.54) is 3.57 Å². The Balaban J connectivity index is 1.95. The van der Waals surface area contributed by atoms with E-state index in [4.69, 9.17) is 14.6 Å². The third-order valence-corrected chi connectivity index (χ3v) is 4.99. The maximum absolute atomic E-state index is 10.8. The molecule has 0 aliphatic carbocycles. The second kappa shape index (κ2) is 7.07. The van der Waals surface area contributed by atoms with Gasteiger partial charge in [0.15, 0.2) is 6.10 Å². The lowest BCUT2D eigenvalue weighted by atomic mass is 10.2. The van der Waals surface area contributed by atoms with Crippen molar-refractivity contribution in [2.75, 3.05) is 6.61 Å².